The predicted octanol–water partition coefficient (Wildman–Crippen LogP) is 4.72. The van der Waals surface area contributed by atoms with Crippen molar-refractivity contribution in [2.75, 3.05) is 4.72 Å². The highest BCUT2D eigenvalue weighted by molar-refractivity contribution is 7.86. The summed E-state index contributed by atoms with van der Waals surface area (Å²) in [6, 6.07) is 25.0. The predicted molar refractivity (Wildman–Crippen MR) is 117 cm³/mol. The molecule has 4 rings (SSSR count). The Morgan fingerprint density at radius 2 is 1.45 bits per heavy atom. The van der Waals surface area contributed by atoms with Crippen LogP contribution in [0.25, 0.3) is 10.8 Å². The van der Waals surface area contributed by atoms with E-state index in [1.807, 2.05) is 78.9 Å². The zero-order valence-corrected chi connectivity index (χ0v) is 16.6. The summed E-state index contributed by atoms with van der Waals surface area (Å²) in [5.41, 5.74) is 2.65. The number of benzene rings is 3. The molecule has 3 aromatic carbocycles. The van der Waals surface area contributed by atoms with Crippen molar-refractivity contribution in [1.29, 1.82) is 0 Å². The van der Waals surface area contributed by atoms with Gasteiger partial charge in [0, 0.05) is 30.9 Å². The van der Waals surface area contributed by atoms with Gasteiger partial charge < -0.3 is 4.72 Å². The lowest BCUT2D eigenvalue weighted by Gasteiger charge is -2.08. The standard InChI is InChI=1S/C24H20N2O2S/c27-23(16-19-11-13-25-14-12-19)15-18-5-8-22(9-6-18)26-29(28)24-10-7-20-3-1-2-4-21(20)17-24/h1-14,17,26H,15-16H2. The van der Waals surface area contributed by atoms with Crippen LogP contribution in [0.3, 0.4) is 0 Å². The van der Waals surface area contributed by atoms with Crippen molar-refractivity contribution in [3.8, 4) is 0 Å². The van der Waals surface area contributed by atoms with E-state index in [1.54, 1.807) is 12.4 Å². The summed E-state index contributed by atoms with van der Waals surface area (Å²) in [6.45, 7) is 0. The Labute approximate surface area is 172 Å². The maximum atomic E-state index is 12.7. The molecule has 0 fully saturated rings. The van der Waals surface area contributed by atoms with Crippen LogP contribution < -0.4 is 4.72 Å². The van der Waals surface area contributed by atoms with Crippen molar-refractivity contribution in [1.82, 2.24) is 4.98 Å². The first-order valence-corrected chi connectivity index (χ1v) is 10.5. The molecule has 0 saturated heterocycles. The molecule has 4 aromatic rings. The zero-order valence-electron chi connectivity index (χ0n) is 15.7. The van der Waals surface area contributed by atoms with Gasteiger partial charge in [0.1, 0.15) is 16.8 Å². The Morgan fingerprint density at radius 1 is 0.793 bits per heavy atom. The van der Waals surface area contributed by atoms with Crippen LogP contribution in [0.1, 0.15) is 11.1 Å². The molecule has 29 heavy (non-hydrogen) atoms. The lowest BCUT2D eigenvalue weighted by molar-refractivity contribution is -0.117. The summed E-state index contributed by atoms with van der Waals surface area (Å²) in [4.78, 5) is 16.9. The first kappa shape index (κ1) is 19.0. The fraction of sp³-hybridized carbons (Fsp3) is 0.0833. The molecule has 1 atom stereocenters. The number of hydrogen-bond donors (Lipinski definition) is 1. The average molecular weight is 401 g/mol. The monoisotopic (exact) mass is 400 g/mol. The SMILES string of the molecule is O=C(Cc1ccncc1)Cc1ccc(NS(=O)c2ccc3ccccc3c2)cc1. The number of nitrogens with one attached hydrogen (secondary N) is 1. The van der Waals surface area contributed by atoms with Crippen LogP contribution in [0.2, 0.25) is 0 Å². The molecule has 0 bridgehead atoms. The van der Waals surface area contributed by atoms with Crippen LogP contribution in [0, 0.1) is 0 Å². The van der Waals surface area contributed by atoms with Gasteiger partial charge in [-0.05, 0) is 58.3 Å². The fourth-order valence-electron chi connectivity index (χ4n) is 3.16. The highest BCUT2D eigenvalue weighted by Crippen LogP contribution is 2.20. The van der Waals surface area contributed by atoms with Gasteiger partial charge in [0.2, 0.25) is 0 Å². The summed E-state index contributed by atoms with van der Waals surface area (Å²) in [5, 5.41) is 2.18. The summed E-state index contributed by atoms with van der Waals surface area (Å²) < 4.78 is 15.7. The maximum absolute atomic E-state index is 12.7. The number of rotatable bonds is 7. The summed E-state index contributed by atoms with van der Waals surface area (Å²) in [7, 11) is -1.36. The number of anilines is 1. The topological polar surface area (TPSA) is 59.1 Å². The number of hydrogen-bond acceptors (Lipinski definition) is 3. The number of carbonyl (C=O) groups excluding carboxylic acids is 1. The number of nitrogens with zero attached hydrogens (tertiary/aromatic N) is 1. The molecule has 0 aliphatic rings. The van der Waals surface area contributed by atoms with Gasteiger partial charge in [-0.3, -0.25) is 9.78 Å². The van der Waals surface area contributed by atoms with Gasteiger partial charge in [-0.1, -0.05) is 42.5 Å². The number of fused-ring (bicyclic) bond motifs is 1. The van der Waals surface area contributed by atoms with E-state index in [4.69, 9.17) is 0 Å². The number of carbonyl (C=O) groups is 1. The van der Waals surface area contributed by atoms with Crippen LogP contribution in [-0.2, 0) is 28.6 Å². The molecule has 4 nitrogen and oxygen atoms in total. The van der Waals surface area contributed by atoms with Crippen molar-refractivity contribution in [2.45, 2.75) is 17.7 Å². The van der Waals surface area contributed by atoms with Gasteiger partial charge in [0.05, 0.1) is 4.90 Å². The number of aromatic nitrogens is 1. The first-order valence-electron chi connectivity index (χ1n) is 9.34. The highest BCUT2D eigenvalue weighted by atomic mass is 32.2. The third-order valence-corrected chi connectivity index (χ3v) is 5.75. The molecule has 0 aliphatic carbocycles. The first-order chi connectivity index (χ1) is 14.2. The molecule has 0 radical (unpaired) electrons. The van der Waals surface area contributed by atoms with E-state index in [0.29, 0.717) is 12.8 Å². The number of Topliss-reactive ketones (excluding diaryl/α,β-unsaturated/α-hetero) is 1. The normalized spacial score (nSPS) is 11.9. The Bertz CT molecular complexity index is 1160. The Hall–Kier alpha value is -3.31. The highest BCUT2D eigenvalue weighted by Gasteiger charge is 2.08. The molecular formula is C24H20N2O2S. The van der Waals surface area contributed by atoms with Crippen molar-refractivity contribution < 1.29 is 9.00 Å². The van der Waals surface area contributed by atoms with Crippen LogP contribution >= 0.6 is 0 Å². The van der Waals surface area contributed by atoms with Gasteiger partial charge in [-0.15, -0.1) is 0 Å². The van der Waals surface area contributed by atoms with E-state index in [1.165, 1.54) is 0 Å². The van der Waals surface area contributed by atoms with Crippen LogP contribution in [0.5, 0.6) is 0 Å². The van der Waals surface area contributed by atoms with E-state index < -0.39 is 11.0 Å². The van der Waals surface area contributed by atoms with Crippen LogP contribution in [0.4, 0.5) is 5.69 Å². The third-order valence-electron chi connectivity index (χ3n) is 4.65. The van der Waals surface area contributed by atoms with Crippen molar-refractivity contribution in [3.63, 3.8) is 0 Å². The lowest BCUT2D eigenvalue weighted by Crippen LogP contribution is -2.07. The molecular weight excluding hydrogens is 380 g/mol. The van der Waals surface area contributed by atoms with Gasteiger partial charge >= 0.3 is 0 Å². The Kier molecular flexibility index (Phi) is 5.77. The van der Waals surface area contributed by atoms with E-state index in [0.717, 1.165) is 32.5 Å². The summed E-state index contributed by atoms with van der Waals surface area (Å²) >= 11 is 0. The molecule has 1 heterocycles. The number of pyridine rings is 1. The van der Waals surface area contributed by atoms with Gasteiger partial charge in [0.15, 0.2) is 0 Å². The van der Waals surface area contributed by atoms with Crippen molar-refractivity contribution in [3.05, 3.63) is 102 Å². The second kappa shape index (κ2) is 8.80. The third kappa shape index (κ3) is 4.95. The van der Waals surface area contributed by atoms with Crippen molar-refractivity contribution in [2.24, 2.45) is 0 Å². The van der Waals surface area contributed by atoms with Crippen LogP contribution in [-0.4, -0.2) is 15.0 Å². The number of ketones is 1. The molecule has 144 valence electrons. The molecule has 0 aliphatic heterocycles. The second-order valence-corrected chi connectivity index (χ2v) is 8.04. The minimum absolute atomic E-state index is 0.150. The molecule has 1 aromatic heterocycles. The Morgan fingerprint density at radius 3 is 2.17 bits per heavy atom. The smallest absolute Gasteiger partial charge is 0.150 e. The second-order valence-electron chi connectivity index (χ2n) is 6.82. The largest absolute Gasteiger partial charge is 0.301 e. The fourth-order valence-corrected chi connectivity index (χ4v) is 4.05. The van der Waals surface area contributed by atoms with Gasteiger partial charge in [-0.25, -0.2) is 4.21 Å². The van der Waals surface area contributed by atoms with E-state index in [2.05, 4.69) is 9.71 Å². The van der Waals surface area contributed by atoms with E-state index >= 15 is 0 Å². The molecule has 0 amide bonds. The van der Waals surface area contributed by atoms with Crippen LogP contribution in [0.15, 0.2) is 96.2 Å². The maximum Gasteiger partial charge on any atom is 0.150 e. The molecule has 1 N–H and O–H groups in total. The van der Waals surface area contributed by atoms with Crippen molar-refractivity contribution >= 4 is 33.2 Å². The lowest BCUT2D eigenvalue weighted by atomic mass is 10.0. The minimum Gasteiger partial charge on any atom is -0.301 e. The minimum atomic E-state index is -1.36. The van der Waals surface area contributed by atoms with Gasteiger partial charge in [0.25, 0.3) is 0 Å². The molecule has 5 heteroatoms. The molecule has 1 unspecified atom stereocenters. The summed E-state index contributed by atoms with van der Waals surface area (Å²) in [5.74, 6) is 0.150. The zero-order chi connectivity index (χ0) is 20.1. The molecule has 0 spiro atoms. The molecule has 0 saturated carbocycles. The summed E-state index contributed by atoms with van der Waals surface area (Å²) in [6.07, 6.45) is 4.16. The van der Waals surface area contributed by atoms with E-state index in [9.17, 15) is 9.00 Å². The van der Waals surface area contributed by atoms with E-state index in [-0.39, 0.29) is 5.78 Å². The van der Waals surface area contributed by atoms with Gasteiger partial charge in [-0.2, -0.15) is 0 Å². The average Bonchev–Trinajstić information content (AvgIpc) is 2.75. The quantitative estimate of drug-likeness (QED) is 0.488. The Balaban J connectivity index is 1.38.